The number of amides is 1. The summed E-state index contributed by atoms with van der Waals surface area (Å²) >= 11 is 0. The lowest BCUT2D eigenvalue weighted by Gasteiger charge is -2.26. The highest BCUT2D eigenvalue weighted by Crippen LogP contribution is 2.22. The number of imidazole rings is 1. The van der Waals surface area contributed by atoms with E-state index in [0.29, 0.717) is 6.42 Å². The molecule has 2 heterocycles. The average molecular weight is 344 g/mol. The van der Waals surface area contributed by atoms with E-state index in [1.54, 1.807) is 0 Å². The molecule has 0 aliphatic carbocycles. The van der Waals surface area contributed by atoms with E-state index in [1.165, 1.54) is 0 Å². The van der Waals surface area contributed by atoms with Gasteiger partial charge < -0.3 is 14.6 Å². The number of fused-ring (bicyclic) bond motifs is 1. The van der Waals surface area contributed by atoms with Crippen molar-refractivity contribution in [1.29, 1.82) is 0 Å². The summed E-state index contributed by atoms with van der Waals surface area (Å²) in [5.41, 5.74) is 2.89. The third-order valence-corrected chi connectivity index (χ3v) is 4.65. The Bertz CT molecular complexity index is 720. The van der Waals surface area contributed by atoms with Crippen molar-refractivity contribution in [2.24, 2.45) is 0 Å². The quantitative estimate of drug-likeness (QED) is 0.839. The maximum absolute atomic E-state index is 11.9. The summed E-state index contributed by atoms with van der Waals surface area (Å²) in [4.78, 5) is 19.2. The van der Waals surface area contributed by atoms with Crippen molar-refractivity contribution in [3.63, 3.8) is 0 Å². The van der Waals surface area contributed by atoms with Crippen molar-refractivity contribution in [3.05, 3.63) is 24.0 Å². The van der Waals surface area contributed by atoms with Gasteiger partial charge in [-0.05, 0) is 31.5 Å². The number of ether oxygens (including phenoxy) is 1. The number of hydrogen-bond acceptors (Lipinski definition) is 4. The molecule has 0 atom stereocenters. The fourth-order valence-electron chi connectivity index (χ4n) is 3.25. The summed E-state index contributed by atoms with van der Waals surface area (Å²) in [7, 11) is 0. The second-order valence-electron chi connectivity index (χ2n) is 6.52. The highest BCUT2D eigenvalue weighted by atomic mass is 16.5. The van der Waals surface area contributed by atoms with E-state index in [1.807, 2.05) is 12.1 Å². The number of anilines is 1. The monoisotopic (exact) mass is 344 g/mol. The number of nitrogens with zero attached hydrogens (tertiary/aromatic N) is 3. The Balaban J connectivity index is 1.78. The molecular formula is C19H28N4O2. The summed E-state index contributed by atoms with van der Waals surface area (Å²) < 4.78 is 7.68. The first-order valence-electron chi connectivity index (χ1n) is 9.30. The lowest BCUT2D eigenvalue weighted by atomic mass is 10.2. The number of aromatic nitrogens is 2. The molecule has 136 valence electrons. The van der Waals surface area contributed by atoms with E-state index < -0.39 is 0 Å². The highest BCUT2D eigenvalue weighted by molar-refractivity contribution is 5.93. The van der Waals surface area contributed by atoms with Gasteiger partial charge in [-0.1, -0.05) is 13.3 Å². The maximum Gasteiger partial charge on any atom is 0.224 e. The Morgan fingerprint density at radius 2 is 2.08 bits per heavy atom. The number of aryl methyl sites for hydroxylation is 1. The van der Waals surface area contributed by atoms with E-state index in [0.717, 1.165) is 74.8 Å². The van der Waals surface area contributed by atoms with Gasteiger partial charge >= 0.3 is 0 Å². The van der Waals surface area contributed by atoms with Gasteiger partial charge in [0.25, 0.3) is 0 Å². The molecule has 0 spiro atoms. The van der Waals surface area contributed by atoms with Crippen LogP contribution in [0.15, 0.2) is 18.2 Å². The van der Waals surface area contributed by atoms with E-state index in [-0.39, 0.29) is 5.91 Å². The molecule has 25 heavy (non-hydrogen) atoms. The van der Waals surface area contributed by atoms with Crippen LogP contribution in [-0.2, 0) is 22.6 Å². The molecule has 1 fully saturated rings. The number of carbonyl (C=O) groups is 1. The first-order valence-corrected chi connectivity index (χ1v) is 9.30. The van der Waals surface area contributed by atoms with Crippen LogP contribution in [0.2, 0.25) is 0 Å². The molecule has 1 aliphatic rings. The number of hydrogen-bond donors (Lipinski definition) is 1. The molecular weight excluding hydrogens is 316 g/mol. The maximum atomic E-state index is 11.9. The minimum absolute atomic E-state index is 0.0738. The SMILES string of the molecule is CCCCC(=O)Nc1ccc2c(c1)nc(CN1CCOCC1)n2CC. The van der Waals surface area contributed by atoms with Crippen molar-refractivity contribution in [2.45, 2.75) is 46.2 Å². The lowest BCUT2D eigenvalue weighted by molar-refractivity contribution is -0.116. The van der Waals surface area contributed by atoms with Gasteiger partial charge in [0.15, 0.2) is 0 Å². The number of benzene rings is 1. The molecule has 6 heteroatoms. The minimum Gasteiger partial charge on any atom is -0.379 e. The highest BCUT2D eigenvalue weighted by Gasteiger charge is 2.16. The molecule has 6 nitrogen and oxygen atoms in total. The number of carbonyl (C=O) groups excluding carboxylic acids is 1. The zero-order valence-corrected chi connectivity index (χ0v) is 15.3. The van der Waals surface area contributed by atoms with Crippen molar-refractivity contribution >= 4 is 22.6 Å². The van der Waals surface area contributed by atoms with Gasteiger partial charge in [-0.15, -0.1) is 0 Å². The summed E-state index contributed by atoms with van der Waals surface area (Å²) in [6.07, 6.45) is 2.51. The molecule has 0 radical (unpaired) electrons. The van der Waals surface area contributed by atoms with Gasteiger partial charge in [0.2, 0.25) is 5.91 Å². The predicted octanol–water partition coefficient (Wildman–Crippen LogP) is 3.02. The van der Waals surface area contributed by atoms with Gasteiger partial charge in [0.1, 0.15) is 5.82 Å². The second-order valence-corrected chi connectivity index (χ2v) is 6.52. The molecule has 2 aromatic rings. The topological polar surface area (TPSA) is 59.4 Å². The zero-order chi connectivity index (χ0) is 17.6. The fourth-order valence-corrected chi connectivity index (χ4v) is 3.25. The van der Waals surface area contributed by atoms with E-state index in [4.69, 9.17) is 9.72 Å². The molecule has 0 unspecified atom stereocenters. The van der Waals surface area contributed by atoms with Gasteiger partial charge in [0, 0.05) is 31.7 Å². The van der Waals surface area contributed by atoms with E-state index in [2.05, 4.69) is 34.7 Å². The standard InChI is InChI=1S/C19H28N4O2/c1-3-5-6-19(24)20-15-7-8-17-16(13-15)21-18(23(17)4-2)14-22-9-11-25-12-10-22/h7-8,13H,3-6,9-12,14H2,1-2H3,(H,20,24). The smallest absolute Gasteiger partial charge is 0.224 e. The third kappa shape index (κ3) is 4.38. The number of unbranched alkanes of at least 4 members (excludes halogenated alkanes) is 1. The molecule has 0 saturated carbocycles. The summed E-state index contributed by atoms with van der Waals surface area (Å²) in [5.74, 6) is 1.15. The molecule has 1 aromatic heterocycles. The lowest BCUT2D eigenvalue weighted by Crippen LogP contribution is -2.36. The zero-order valence-electron chi connectivity index (χ0n) is 15.3. The third-order valence-electron chi connectivity index (χ3n) is 4.65. The molecule has 1 saturated heterocycles. The molecule has 1 amide bonds. The van der Waals surface area contributed by atoms with Gasteiger partial charge in [-0.25, -0.2) is 4.98 Å². The first-order chi connectivity index (χ1) is 12.2. The normalized spacial score (nSPS) is 15.6. The fraction of sp³-hybridized carbons (Fsp3) is 0.579. The Hall–Kier alpha value is -1.92. The first kappa shape index (κ1) is 17.9. The van der Waals surface area contributed by atoms with E-state index >= 15 is 0 Å². The summed E-state index contributed by atoms with van der Waals surface area (Å²) in [6, 6.07) is 6.01. The van der Waals surface area contributed by atoms with Gasteiger partial charge in [-0.3, -0.25) is 9.69 Å². The average Bonchev–Trinajstić information content (AvgIpc) is 2.97. The largest absolute Gasteiger partial charge is 0.379 e. The molecule has 1 aliphatic heterocycles. The Morgan fingerprint density at radius 1 is 1.28 bits per heavy atom. The summed E-state index contributed by atoms with van der Waals surface area (Å²) in [6.45, 7) is 9.44. The number of morpholine rings is 1. The van der Waals surface area contributed by atoms with Crippen molar-refractivity contribution < 1.29 is 9.53 Å². The Morgan fingerprint density at radius 3 is 2.80 bits per heavy atom. The predicted molar refractivity (Wildman–Crippen MR) is 99.7 cm³/mol. The van der Waals surface area contributed by atoms with Crippen LogP contribution in [0.5, 0.6) is 0 Å². The molecule has 3 rings (SSSR count). The van der Waals surface area contributed by atoms with Gasteiger partial charge in [-0.2, -0.15) is 0 Å². The van der Waals surface area contributed by atoms with Crippen LogP contribution in [0.4, 0.5) is 5.69 Å². The van der Waals surface area contributed by atoms with Crippen LogP contribution in [-0.4, -0.2) is 46.7 Å². The van der Waals surface area contributed by atoms with Crippen LogP contribution < -0.4 is 5.32 Å². The van der Waals surface area contributed by atoms with Crippen molar-refractivity contribution in [2.75, 3.05) is 31.6 Å². The summed E-state index contributed by atoms with van der Waals surface area (Å²) in [5, 5.41) is 2.98. The number of nitrogens with one attached hydrogen (secondary N) is 1. The Labute approximate surface area is 149 Å². The van der Waals surface area contributed by atoms with Crippen LogP contribution >= 0.6 is 0 Å². The molecule has 1 aromatic carbocycles. The number of rotatable bonds is 7. The van der Waals surface area contributed by atoms with Crippen LogP contribution in [0, 0.1) is 0 Å². The Kier molecular flexibility index (Phi) is 6.04. The minimum atomic E-state index is 0.0738. The van der Waals surface area contributed by atoms with Crippen molar-refractivity contribution in [1.82, 2.24) is 14.5 Å². The second kappa shape index (κ2) is 8.45. The van der Waals surface area contributed by atoms with Crippen LogP contribution in [0.3, 0.4) is 0 Å². The van der Waals surface area contributed by atoms with Gasteiger partial charge in [0.05, 0.1) is 30.8 Å². The van der Waals surface area contributed by atoms with E-state index in [9.17, 15) is 4.79 Å². The molecule has 1 N–H and O–H groups in total. The van der Waals surface area contributed by atoms with Crippen molar-refractivity contribution in [3.8, 4) is 0 Å². The van der Waals surface area contributed by atoms with Crippen LogP contribution in [0.1, 0.15) is 38.9 Å². The van der Waals surface area contributed by atoms with Crippen LogP contribution in [0.25, 0.3) is 11.0 Å². The molecule has 0 bridgehead atoms.